The predicted octanol–water partition coefficient (Wildman–Crippen LogP) is -0.0308. The van der Waals surface area contributed by atoms with Crippen LogP contribution in [0.5, 0.6) is 5.75 Å². The molecule has 17 heteroatoms. The van der Waals surface area contributed by atoms with Crippen LogP contribution in [0.25, 0.3) is 0 Å². The van der Waals surface area contributed by atoms with Gasteiger partial charge in [-0.15, -0.1) is 0 Å². The second kappa shape index (κ2) is 21.1. The van der Waals surface area contributed by atoms with Crippen molar-refractivity contribution >= 4 is 41.5 Å². The lowest BCUT2D eigenvalue weighted by atomic mass is 9.81. The fourth-order valence-corrected chi connectivity index (χ4v) is 7.80. The number of aliphatic imine (C=N–C) groups is 2. The lowest BCUT2D eigenvalue weighted by Gasteiger charge is -2.43. The Bertz CT molecular complexity index is 1510. The highest BCUT2D eigenvalue weighted by Gasteiger charge is 2.43. The third kappa shape index (κ3) is 13.6. The molecule has 5 amide bonds. The van der Waals surface area contributed by atoms with Crippen LogP contribution in [0, 0.1) is 17.8 Å². The number of likely N-dealkylation sites (tertiary alicyclic amines) is 1. The van der Waals surface area contributed by atoms with E-state index in [0.29, 0.717) is 69.6 Å². The summed E-state index contributed by atoms with van der Waals surface area (Å²) in [7, 11) is 0. The normalized spacial score (nSPS) is 21.5. The Balaban J connectivity index is 1.43. The maximum Gasteiger partial charge on any atom is 0.245 e. The van der Waals surface area contributed by atoms with E-state index in [1.807, 2.05) is 0 Å². The van der Waals surface area contributed by atoms with Crippen molar-refractivity contribution in [3.8, 4) is 5.75 Å². The van der Waals surface area contributed by atoms with Crippen LogP contribution in [0.4, 0.5) is 0 Å². The van der Waals surface area contributed by atoms with E-state index in [1.165, 1.54) is 17.0 Å². The van der Waals surface area contributed by atoms with Crippen LogP contribution in [-0.4, -0.2) is 95.3 Å². The number of aromatic hydroxyl groups is 1. The van der Waals surface area contributed by atoms with Gasteiger partial charge in [-0.1, -0.05) is 44.2 Å². The monoisotopic (exact) mass is 767 g/mol. The number of phenols is 1. The number of primary amides is 1. The molecular formula is C38H61N11O6. The van der Waals surface area contributed by atoms with Gasteiger partial charge in [0, 0.05) is 32.0 Å². The van der Waals surface area contributed by atoms with Gasteiger partial charge in [-0.05, 0) is 87.3 Å². The van der Waals surface area contributed by atoms with Gasteiger partial charge >= 0.3 is 0 Å². The first-order chi connectivity index (χ1) is 26.3. The molecule has 1 saturated heterocycles. The number of guanidine groups is 2. The Kier molecular flexibility index (Phi) is 16.4. The van der Waals surface area contributed by atoms with Crippen molar-refractivity contribution in [2.24, 2.45) is 56.4 Å². The summed E-state index contributed by atoms with van der Waals surface area (Å²) in [6.07, 6.45) is 10.5. The number of nitrogens with zero attached hydrogens (tertiary/aromatic N) is 3. The quantitative estimate of drug-likeness (QED) is 0.0514. The van der Waals surface area contributed by atoms with Crippen LogP contribution in [0.2, 0.25) is 0 Å². The average molecular weight is 768 g/mol. The van der Waals surface area contributed by atoms with E-state index in [1.54, 1.807) is 12.1 Å². The first-order valence-corrected chi connectivity index (χ1v) is 19.7. The SMILES string of the molecule is NC(=O)[C@@H](CCCCN=C(N)N)NC(=O)[C@@H](Cc1ccc(O)cc1)NC(=O)C1CCN1C(=O)[C@H](CC1CCCCC1)NC(=O)C1CCC(CN=C(N)N)CC1. The minimum Gasteiger partial charge on any atom is -0.508 e. The smallest absolute Gasteiger partial charge is 0.245 e. The third-order valence-electron chi connectivity index (χ3n) is 11.1. The number of benzene rings is 1. The van der Waals surface area contributed by atoms with E-state index in [9.17, 15) is 29.1 Å². The average Bonchev–Trinajstić information content (AvgIpc) is 3.13. The minimum atomic E-state index is -1.13. The van der Waals surface area contributed by atoms with Crippen LogP contribution in [-0.2, 0) is 30.4 Å². The molecule has 55 heavy (non-hydrogen) atoms. The first kappa shape index (κ1) is 42.6. The molecule has 1 heterocycles. The van der Waals surface area contributed by atoms with Crippen LogP contribution < -0.4 is 44.6 Å². The highest BCUT2D eigenvalue weighted by atomic mass is 16.3. The molecule has 14 N–H and O–H groups in total. The van der Waals surface area contributed by atoms with E-state index in [0.717, 1.165) is 44.9 Å². The van der Waals surface area contributed by atoms with Crippen molar-refractivity contribution in [1.29, 1.82) is 0 Å². The van der Waals surface area contributed by atoms with Crippen LogP contribution in [0.15, 0.2) is 34.3 Å². The molecule has 3 aliphatic rings. The Morgan fingerprint density at radius 3 is 1.98 bits per heavy atom. The standard InChI is InChI=1S/C38H61N11O6/c39-32(51)28(8-4-5-18-44-37(40)41)46-34(53)29(20-24-11-15-27(50)16-12-24)47-35(54)31-17-19-49(31)36(55)30(21-23-6-2-1-3-7-23)48-33(52)26-13-9-25(10-14-26)22-45-38(42)43/h11-12,15-16,23,25-26,28-31,50H,1-10,13-14,17-22H2,(H2,39,51)(H,46,53)(H,47,54)(H,48,52)(H4,40,41,44)(H4,42,43,45)/t25?,26?,28-,29-,30+,31?/m1/s1. The summed E-state index contributed by atoms with van der Waals surface area (Å²) in [5, 5.41) is 18.4. The van der Waals surface area contributed by atoms with Gasteiger partial charge < -0.3 is 54.6 Å². The van der Waals surface area contributed by atoms with Crippen molar-refractivity contribution in [1.82, 2.24) is 20.9 Å². The number of rotatable bonds is 19. The Labute approximate surface area is 323 Å². The lowest BCUT2D eigenvalue weighted by molar-refractivity contribution is -0.151. The van der Waals surface area contributed by atoms with E-state index >= 15 is 0 Å². The van der Waals surface area contributed by atoms with Gasteiger partial charge in [0.05, 0.1) is 0 Å². The minimum absolute atomic E-state index is 0.0392. The van der Waals surface area contributed by atoms with Crippen LogP contribution in [0.3, 0.4) is 0 Å². The number of hydrogen-bond acceptors (Lipinski definition) is 8. The highest BCUT2D eigenvalue weighted by Crippen LogP contribution is 2.32. The zero-order valence-corrected chi connectivity index (χ0v) is 31.8. The van der Waals surface area contributed by atoms with Crippen molar-refractivity contribution in [2.75, 3.05) is 19.6 Å². The van der Waals surface area contributed by atoms with E-state index < -0.39 is 41.9 Å². The highest BCUT2D eigenvalue weighted by molar-refractivity contribution is 5.96. The van der Waals surface area contributed by atoms with Gasteiger partial charge in [-0.3, -0.25) is 34.0 Å². The van der Waals surface area contributed by atoms with Crippen LogP contribution >= 0.6 is 0 Å². The molecule has 1 aromatic rings. The number of carbonyl (C=O) groups excluding carboxylic acids is 5. The fourth-order valence-electron chi connectivity index (χ4n) is 7.80. The maximum absolute atomic E-state index is 14.2. The number of amides is 5. The molecular weight excluding hydrogens is 706 g/mol. The summed E-state index contributed by atoms with van der Waals surface area (Å²) in [6.45, 7) is 1.22. The Morgan fingerprint density at radius 2 is 1.38 bits per heavy atom. The van der Waals surface area contributed by atoms with Crippen molar-refractivity contribution < 1.29 is 29.1 Å². The number of carbonyl (C=O) groups is 5. The molecule has 1 aliphatic heterocycles. The second-order valence-electron chi connectivity index (χ2n) is 15.3. The Hall–Kier alpha value is -5.09. The maximum atomic E-state index is 14.2. The topological polar surface area (TPSA) is 300 Å². The van der Waals surface area contributed by atoms with E-state index in [4.69, 9.17) is 28.7 Å². The van der Waals surface area contributed by atoms with E-state index in [-0.39, 0.29) is 54.2 Å². The molecule has 304 valence electrons. The number of nitrogens with two attached hydrogens (primary N) is 5. The van der Waals surface area contributed by atoms with Gasteiger partial charge in [0.1, 0.15) is 29.9 Å². The van der Waals surface area contributed by atoms with Crippen molar-refractivity contribution in [3.05, 3.63) is 29.8 Å². The molecule has 0 radical (unpaired) electrons. The number of nitrogens with one attached hydrogen (secondary N) is 3. The van der Waals surface area contributed by atoms with Crippen LogP contribution in [0.1, 0.15) is 95.5 Å². The van der Waals surface area contributed by atoms with E-state index in [2.05, 4.69) is 25.9 Å². The third-order valence-corrected chi connectivity index (χ3v) is 11.1. The van der Waals surface area contributed by atoms with Gasteiger partial charge in [-0.25, -0.2) is 0 Å². The van der Waals surface area contributed by atoms with Gasteiger partial charge in [-0.2, -0.15) is 0 Å². The Morgan fingerprint density at radius 1 is 0.727 bits per heavy atom. The molecule has 4 rings (SSSR count). The summed E-state index contributed by atoms with van der Waals surface area (Å²) in [5.41, 5.74) is 28.0. The lowest BCUT2D eigenvalue weighted by Crippen LogP contribution is -2.64. The number of hydrogen-bond donors (Lipinski definition) is 9. The molecule has 0 aromatic heterocycles. The molecule has 0 spiro atoms. The molecule has 0 bridgehead atoms. The second-order valence-corrected chi connectivity index (χ2v) is 15.3. The van der Waals surface area contributed by atoms with Gasteiger partial charge in [0.15, 0.2) is 11.9 Å². The zero-order valence-electron chi connectivity index (χ0n) is 31.8. The molecule has 3 fully saturated rings. The van der Waals surface area contributed by atoms with Crippen molar-refractivity contribution in [3.63, 3.8) is 0 Å². The summed E-state index contributed by atoms with van der Waals surface area (Å²) in [6, 6.07) is 2.45. The molecule has 1 aromatic carbocycles. The summed E-state index contributed by atoms with van der Waals surface area (Å²) in [4.78, 5) is 77.2. The fraction of sp³-hybridized carbons (Fsp3) is 0.658. The predicted molar refractivity (Wildman–Crippen MR) is 209 cm³/mol. The summed E-state index contributed by atoms with van der Waals surface area (Å²) in [5.74, 6) is -1.92. The molecule has 2 saturated carbocycles. The number of phenolic OH excluding ortho intramolecular Hbond substituents is 1. The molecule has 4 atom stereocenters. The van der Waals surface area contributed by atoms with Crippen molar-refractivity contribution in [2.45, 2.75) is 120 Å². The molecule has 2 aliphatic carbocycles. The molecule has 17 nitrogen and oxygen atoms in total. The summed E-state index contributed by atoms with van der Waals surface area (Å²) < 4.78 is 0. The van der Waals surface area contributed by atoms with Gasteiger partial charge in [0.25, 0.3) is 0 Å². The number of unbranched alkanes of at least 4 members (excludes halogenated alkanes) is 1. The summed E-state index contributed by atoms with van der Waals surface area (Å²) >= 11 is 0. The first-order valence-electron chi connectivity index (χ1n) is 19.7. The zero-order chi connectivity index (χ0) is 39.9. The largest absolute Gasteiger partial charge is 0.508 e. The van der Waals surface area contributed by atoms with Gasteiger partial charge in [0.2, 0.25) is 29.5 Å². The molecule has 1 unspecified atom stereocenters.